The Labute approximate surface area is 99.8 Å². The molecule has 4 nitrogen and oxygen atoms in total. The van der Waals surface area contributed by atoms with Gasteiger partial charge in [0, 0.05) is 0 Å². The summed E-state index contributed by atoms with van der Waals surface area (Å²) in [5.41, 5.74) is 7.87. The first kappa shape index (κ1) is 11.8. The van der Waals surface area contributed by atoms with Crippen molar-refractivity contribution in [3.8, 4) is 5.75 Å². The van der Waals surface area contributed by atoms with Gasteiger partial charge in [0.05, 0.1) is 0 Å². The summed E-state index contributed by atoms with van der Waals surface area (Å²) in [5, 5.41) is 0. The molecule has 1 unspecified atom stereocenters. The normalized spacial score (nSPS) is 18.3. The molecule has 0 aromatic heterocycles. The average Bonchev–Trinajstić information content (AvgIpc) is 2.38. The van der Waals surface area contributed by atoms with Gasteiger partial charge in [-0.2, -0.15) is 0 Å². The highest BCUT2D eigenvalue weighted by Crippen LogP contribution is 2.31. The summed E-state index contributed by atoms with van der Waals surface area (Å²) in [6, 6.07) is 5.59. The summed E-state index contributed by atoms with van der Waals surface area (Å²) in [5.74, 6) is 0.161. The summed E-state index contributed by atoms with van der Waals surface area (Å²) in [6.07, 6.45) is 2.95. The third-order valence-corrected chi connectivity index (χ3v) is 3.18. The third kappa shape index (κ3) is 2.53. The van der Waals surface area contributed by atoms with Gasteiger partial charge in [0.2, 0.25) is 6.29 Å². The van der Waals surface area contributed by atoms with E-state index in [-0.39, 0.29) is 6.29 Å². The predicted octanol–water partition coefficient (Wildman–Crippen LogP) is 0.854. The Bertz CT molecular complexity index is 442. The molecular weight excluding hydrogens is 218 g/mol. The molecule has 1 atom stereocenters. The molecular formula is C13H15NO3. The topological polar surface area (TPSA) is 69.4 Å². The lowest BCUT2D eigenvalue weighted by molar-refractivity contribution is -0.141. The quantitative estimate of drug-likeness (QED) is 0.364. The van der Waals surface area contributed by atoms with Gasteiger partial charge in [-0.05, 0) is 48.9 Å². The second kappa shape index (κ2) is 5.10. The van der Waals surface area contributed by atoms with Crippen molar-refractivity contribution in [2.24, 2.45) is 11.7 Å². The van der Waals surface area contributed by atoms with Crippen LogP contribution >= 0.6 is 0 Å². The lowest BCUT2D eigenvalue weighted by atomic mass is 9.83. The van der Waals surface area contributed by atoms with E-state index in [2.05, 4.69) is 0 Å². The smallest absolute Gasteiger partial charge is 0.376 e. The molecule has 90 valence electrons. The number of rotatable bonds is 3. The SMILES string of the molecule is NCC1CCc2c(cccc2OC(=O)C=O)C1. The molecule has 17 heavy (non-hydrogen) atoms. The minimum absolute atomic E-state index is 0.185. The maximum atomic E-state index is 11.0. The molecule has 1 aliphatic carbocycles. The molecule has 0 fully saturated rings. The van der Waals surface area contributed by atoms with Gasteiger partial charge in [-0.3, -0.25) is 4.79 Å². The van der Waals surface area contributed by atoms with E-state index in [0.29, 0.717) is 18.2 Å². The minimum atomic E-state index is -0.848. The number of hydrogen-bond acceptors (Lipinski definition) is 4. The number of fused-ring (bicyclic) bond motifs is 1. The summed E-state index contributed by atoms with van der Waals surface area (Å²) in [4.78, 5) is 21.3. The van der Waals surface area contributed by atoms with E-state index in [1.54, 1.807) is 6.07 Å². The standard InChI is InChI=1S/C13H15NO3/c14-7-9-4-5-11-10(6-9)2-1-3-12(11)17-13(16)8-15/h1-3,8-9H,4-7,14H2. The maximum absolute atomic E-state index is 11.0. The molecule has 0 saturated carbocycles. The van der Waals surface area contributed by atoms with Crippen molar-refractivity contribution in [2.45, 2.75) is 19.3 Å². The van der Waals surface area contributed by atoms with Gasteiger partial charge in [0.25, 0.3) is 0 Å². The van der Waals surface area contributed by atoms with Crippen molar-refractivity contribution >= 4 is 12.3 Å². The number of aldehydes is 1. The maximum Gasteiger partial charge on any atom is 0.376 e. The van der Waals surface area contributed by atoms with Crippen LogP contribution in [0.25, 0.3) is 0 Å². The van der Waals surface area contributed by atoms with Crippen LogP contribution in [0.3, 0.4) is 0 Å². The zero-order valence-corrected chi connectivity index (χ0v) is 9.52. The minimum Gasteiger partial charge on any atom is -0.421 e. The monoisotopic (exact) mass is 233 g/mol. The van der Waals surface area contributed by atoms with Crippen molar-refractivity contribution in [3.63, 3.8) is 0 Å². The fraction of sp³-hybridized carbons (Fsp3) is 0.385. The number of ether oxygens (including phenoxy) is 1. The van der Waals surface area contributed by atoms with Gasteiger partial charge in [-0.25, -0.2) is 4.79 Å². The van der Waals surface area contributed by atoms with Gasteiger partial charge in [-0.1, -0.05) is 12.1 Å². The zero-order valence-electron chi connectivity index (χ0n) is 9.52. The number of carbonyl (C=O) groups excluding carboxylic acids is 2. The van der Waals surface area contributed by atoms with Crippen molar-refractivity contribution in [1.29, 1.82) is 0 Å². The number of hydrogen-bond donors (Lipinski definition) is 1. The van der Waals surface area contributed by atoms with Crippen LogP contribution in [-0.2, 0) is 22.4 Å². The van der Waals surface area contributed by atoms with E-state index in [9.17, 15) is 9.59 Å². The first-order valence-corrected chi connectivity index (χ1v) is 5.72. The molecule has 0 saturated heterocycles. The molecule has 0 aliphatic heterocycles. The van der Waals surface area contributed by atoms with E-state index in [0.717, 1.165) is 24.8 Å². The predicted molar refractivity (Wildman–Crippen MR) is 62.7 cm³/mol. The summed E-state index contributed by atoms with van der Waals surface area (Å²) in [6.45, 7) is 0.678. The van der Waals surface area contributed by atoms with E-state index in [1.165, 1.54) is 5.56 Å². The highest BCUT2D eigenvalue weighted by molar-refractivity contribution is 6.21. The zero-order chi connectivity index (χ0) is 12.3. The molecule has 0 heterocycles. The van der Waals surface area contributed by atoms with E-state index >= 15 is 0 Å². The first-order valence-electron chi connectivity index (χ1n) is 5.72. The van der Waals surface area contributed by atoms with E-state index < -0.39 is 5.97 Å². The van der Waals surface area contributed by atoms with Crippen LogP contribution < -0.4 is 10.5 Å². The number of carbonyl (C=O) groups is 2. The molecule has 0 spiro atoms. The first-order chi connectivity index (χ1) is 8.24. The van der Waals surface area contributed by atoms with Crippen molar-refractivity contribution < 1.29 is 14.3 Å². The summed E-state index contributed by atoms with van der Waals surface area (Å²) in [7, 11) is 0. The second-order valence-electron chi connectivity index (χ2n) is 4.28. The summed E-state index contributed by atoms with van der Waals surface area (Å²) < 4.78 is 4.99. The number of nitrogens with two attached hydrogens (primary N) is 1. The van der Waals surface area contributed by atoms with Crippen molar-refractivity contribution in [3.05, 3.63) is 29.3 Å². The van der Waals surface area contributed by atoms with Crippen LogP contribution in [0, 0.1) is 5.92 Å². The largest absolute Gasteiger partial charge is 0.421 e. The Balaban J connectivity index is 2.25. The Hall–Kier alpha value is -1.68. The molecule has 2 N–H and O–H groups in total. The van der Waals surface area contributed by atoms with Crippen LogP contribution in [0.4, 0.5) is 0 Å². The van der Waals surface area contributed by atoms with Crippen LogP contribution in [0.5, 0.6) is 5.75 Å². The Morgan fingerprint density at radius 3 is 3.06 bits per heavy atom. The van der Waals surface area contributed by atoms with Crippen molar-refractivity contribution in [1.82, 2.24) is 0 Å². The van der Waals surface area contributed by atoms with Crippen molar-refractivity contribution in [2.75, 3.05) is 6.54 Å². The molecule has 0 amide bonds. The van der Waals surface area contributed by atoms with E-state index in [1.807, 2.05) is 12.1 Å². The van der Waals surface area contributed by atoms with Crippen LogP contribution in [0.15, 0.2) is 18.2 Å². The van der Waals surface area contributed by atoms with Gasteiger partial charge < -0.3 is 10.5 Å². The highest BCUT2D eigenvalue weighted by Gasteiger charge is 2.21. The summed E-state index contributed by atoms with van der Waals surface area (Å²) >= 11 is 0. The Morgan fingerprint density at radius 1 is 1.53 bits per heavy atom. The second-order valence-corrected chi connectivity index (χ2v) is 4.28. The molecule has 0 bridgehead atoms. The number of benzene rings is 1. The lowest BCUT2D eigenvalue weighted by Crippen LogP contribution is -2.23. The van der Waals surface area contributed by atoms with Gasteiger partial charge >= 0.3 is 5.97 Å². The average molecular weight is 233 g/mol. The Morgan fingerprint density at radius 2 is 2.35 bits per heavy atom. The molecule has 4 heteroatoms. The van der Waals surface area contributed by atoms with Crippen LogP contribution in [0.2, 0.25) is 0 Å². The lowest BCUT2D eigenvalue weighted by Gasteiger charge is -2.24. The fourth-order valence-corrected chi connectivity index (χ4v) is 2.28. The van der Waals surface area contributed by atoms with Gasteiger partial charge in [0.1, 0.15) is 5.75 Å². The molecule has 1 aromatic rings. The fourth-order valence-electron chi connectivity index (χ4n) is 2.28. The highest BCUT2D eigenvalue weighted by atomic mass is 16.5. The van der Waals surface area contributed by atoms with Gasteiger partial charge in [-0.15, -0.1) is 0 Å². The van der Waals surface area contributed by atoms with Crippen LogP contribution in [-0.4, -0.2) is 18.8 Å². The van der Waals surface area contributed by atoms with Gasteiger partial charge in [0.15, 0.2) is 0 Å². The molecule has 1 aromatic carbocycles. The third-order valence-electron chi connectivity index (χ3n) is 3.18. The number of esters is 1. The molecule has 0 radical (unpaired) electrons. The van der Waals surface area contributed by atoms with Crippen LogP contribution in [0.1, 0.15) is 17.5 Å². The Kier molecular flexibility index (Phi) is 3.54. The molecule has 1 aliphatic rings. The molecule has 2 rings (SSSR count). The van der Waals surface area contributed by atoms with E-state index in [4.69, 9.17) is 10.5 Å².